The molecule has 7 saturated heterocycles. The number of hydrogen-bond donors (Lipinski definition) is 14. The Morgan fingerprint density at radius 2 is 0.486 bits per heavy atom. The average Bonchev–Trinajstić information content (AvgIpc) is 0.883. The predicted octanol–water partition coefficient (Wildman–Crippen LogP) is 15.2. The molecule has 142 heavy (non-hydrogen) atoms. The van der Waals surface area contributed by atoms with E-state index >= 15 is 0 Å². The van der Waals surface area contributed by atoms with Crippen LogP contribution < -0.4 is 77.4 Å². The van der Waals surface area contributed by atoms with Gasteiger partial charge >= 0.3 is 42.2 Å². The summed E-state index contributed by atoms with van der Waals surface area (Å²) in [4.78, 5) is 126. The van der Waals surface area contributed by atoms with E-state index in [1.807, 2.05) is 101 Å². The fourth-order valence-corrected chi connectivity index (χ4v) is 18.4. The minimum Gasteiger partial charge on any atom is -0.334 e. The van der Waals surface area contributed by atoms with Crippen molar-refractivity contribution < 1.29 is 33.6 Å². The summed E-state index contributed by atoms with van der Waals surface area (Å²) in [6, 6.07) is 26.6. The molecule has 7 aromatic rings. The van der Waals surface area contributed by atoms with Crippen LogP contribution in [-0.2, 0) is 13.1 Å². The molecule has 14 amide bonds. The third-order valence-corrected chi connectivity index (χ3v) is 27.3. The molecule has 0 bridgehead atoms. The maximum Gasteiger partial charge on any atom is 0.321 e. The standard InChI is InChI=1S/2C16H24N4O.C15H22N4O.C15H24N4O.3C15H22N4O/c1-2-4-15(17)14-6-9-20(10-7-14)16(21)19-12-13-5-3-8-18-11-13;1-2-3-15(17)14-6-10-20(11-7-14)16(21)19-12-13-4-8-18-9-5-13;1-2-4-14(16)12-6-9-19(10-7-12)15(20)18-13-5-3-8-17-11-13;4*1-2-3-14(16)12-6-10-19(11-7-12)15(20)18-13-4-8-17-9-5-13/h2-3,5,8,11,14-15H,1,4,6-7,9-10,12,17H2,(H,19,21);2,4-5,8-9,14-15H,1,3,6-7,10-12,17H2,(H,19,21);2-3,5,8,11-12,14H,1,4,6-7,9-10,16H2,(H,18,20);4-5,8-9,12,14H,2-3,6-7,10-11,16H2,1H3,(H,17,18,20);3*2,4-5,8-9,12,14H,1,3,6-7,10-11,16H2,(H,17,18,20)/t;;;3*14-;/m...110./s1. The van der Waals surface area contributed by atoms with Gasteiger partial charge in [-0.05, 0) is 266 Å². The molecule has 14 rings (SSSR count). The Bertz CT molecular complexity index is 4340. The molecule has 4 unspecified atom stereocenters. The number of amides is 14. The molecule has 35 heteroatoms. The molecular weight excluding hydrogens is 1790 g/mol. The molecule has 7 aliphatic rings. The molecule has 0 aliphatic carbocycles. The number of urea groups is 7. The van der Waals surface area contributed by atoms with Gasteiger partial charge in [-0.15, -0.1) is 39.5 Å². The van der Waals surface area contributed by atoms with Crippen LogP contribution in [0.5, 0.6) is 0 Å². The zero-order chi connectivity index (χ0) is 102. The molecule has 7 aromatic heterocycles. The number of hydrogen-bond acceptors (Lipinski definition) is 21. The summed E-state index contributed by atoms with van der Waals surface area (Å²) in [5, 5.41) is 20.3. The second-order valence-corrected chi connectivity index (χ2v) is 37.2. The fraction of sp³-hybridized carbons (Fsp3) is 0.495. The van der Waals surface area contributed by atoms with E-state index in [-0.39, 0.29) is 84.5 Å². The van der Waals surface area contributed by atoms with Crippen molar-refractivity contribution in [3.05, 3.63) is 259 Å². The normalized spacial score (nSPS) is 17.5. The van der Waals surface area contributed by atoms with Crippen LogP contribution >= 0.6 is 0 Å². The number of piperidine rings is 7. The van der Waals surface area contributed by atoms with E-state index in [9.17, 15) is 33.6 Å². The van der Waals surface area contributed by atoms with Gasteiger partial charge in [0.05, 0.1) is 11.9 Å². The van der Waals surface area contributed by atoms with Gasteiger partial charge in [0.2, 0.25) is 0 Å². The van der Waals surface area contributed by atoms with Gasteiger partial charge in [-0.25, -0.2) is 33.6 Å². The first-order valence-electron chi connectivity index (χ1n) is 50.5. The van der Waals surface area contributed by atoms with Crippen LogP contribution in [0.4, 0.5) is 62.0 Å². The zero-order valence-corrected chi connectivity index (χ0v) is 83.5. The van der Waals surface area contributed by atoms with Crippen LogP contribution in [0.1, 0.15) is 159 Å². The monoisotopic (exact) mass is 1950 g/mol. The van der Waals surface area contributed by atoms with E-state index in [4.69, 9.17) is 40.1 Å². The van der Waals surface area contributed by atoms with Crippen LogP contribution in [0, 0.1) is 41.4 Å². The Hall–Kier alpha value is -12.9. The van der Waals surface area contributed by atoms with Gasteiger partial charge in [-0.2, -0.15) is 0 Å². The smallest absolute Gasteiger partial charge is 0.321 e. The van der Waals surface area contributed by atoms with E-state index in [1.54, 1.807) is 141 Å². The molecule has 0 spiro atoms. The fourth-order valence-electron chi connectivity index (χ4n) is 18.4. The van der Waals surface area contributed by atoms with Crippen molar-refractivity contribution in [3.63, 3.8) is 0 Å². The number of pyridine rings is 7. The number of nitrogens with zero attached hydrogens (tertiary/aromatic N) is 14. The second kappa shape index (κ2) is 65.2. The van der Waals surface area contributed by atoms with E-state index in [2.05, 4.69) is 119 Å². The van der Waals surface area contributed by atoms with Crippen LogP contribution in [0.15, 0.2) is 248 Å². The van der Waals surface area contributed by atoms with Gasteiger partial charge in [0.25, 0.3) is 0 Å². The lowest BCUT2D eigenvalue weighted by Gasteiger charge is -2.34. The number of anilines is 5. The van der Waals surface area contributed by atoms with Crippen LogP contribution in [0.2, 0.25) is 0 Å². The molecule has 21 N–H and O–H groups in total. The zero-order valence-electron chi connectivity index (χ0n) is 83.5. The second-order valence-electron chi connectivity index (χ2n) is 37.2. The molecule has 7 aliphatic heterocycles. The highest BCUT2D eigenvalue weighted by atomic mass is 16.2. The number of likely N-dealkylation sites (tertiary alicyclic amines) is 7. The van der Waals surface area contributed by atoms with Gasteiger partial charge in [0.15, 0.2) is 0 Å². The number of carbonyl (C=O) groups excluding carboxylic acids is 7. The molecule has 35 nitrogen and oxygen atoms in total. The Kier molecular flexibility index (Phi) is 52.5. The summed E-state index contributed by atoms with van der Waals surface area (Å²) < 4.78 is 0. The van der Waals surface area contributed by atoms with E-state index < -0.39 is 0 Å². The molecule has 14 heterocycles. The van der Waals surface area contributed by atoms with Gasteiger partial charge in [0.1, 0.15) is 0 Å². The van der Waals surface area contributed by atoms with Crippen molar-refractivity contribution in [2.45, 2.75) is 204 Å². The molecule has 0 radical (unpaired) electrons. The minimum absolute atomic E-state index is 0.00237. The summed E-state index contributed by atoms with van der Waals surface area (Å²) >= 11 is 0. The molecule has 0 aromatic carbocycles. The highest BCUT2D eigenvalue weighted by molar-refractivity contribution is 5.92. The number of nitrogens with one attached hydrogen (secondary N) is 7. The van der Waals surface area contributed by atoms with Crippen LogP contribution in [0.3, 0.4) is 0 Å². The topological polar surface area (TPSA) is 499 Å². The van der Waals surface area contributed by atoms with Gasteiger partial charge < -0.3 is 112 Å². The number of aromatic nitrogens is 7. The largest absolute Gasteiger partial charge is 0.334 e. The minimum atomic E-state index is -0.0613. The van der Waals surface area contributed by atoms with Crippen molar-refractivity contribution in [2.24, 2.45) is 81.6 Å². The summed E-state index contributed by atoms with van der Waals surface area (Å²) in [6.45, 7) is 36.3. The highest BCUT2D eigenvalue weighted by Gasteiger charge is 2.34. The molecular formula is C107H160N28O7. The van der Waals surface area contributed by atoms with E-state index in [1.165, 1.54) is 0 Å². The third-order valence-electron chi connectivity index (χ3n) is 27.3. The maximum atomic E-state index is 12.1. The third kappa shape index (κ3) is 41.7. The number of rotatable bonds is 30. The van der Waals surface area contributed by atoms with Gasteiger partial charge in [-0.3, -0.25) is 34.9 Å². The predicted molar refractivity (Wildman–Crippen MR) is 569 cm³/mol. The van der Waals surface area contributed by atoms with Crippen molar-refractivity contribution >= 4 is 70.7 Å². The van der Waals surface area contributed by atoms with Gasteiger partial charge in [0, 0.05) is 250 Å². The lowest BCUT2D eigenvalue weighted by molar-refractivity contribution is 0.162. The van der Waals surface area contributed by atoms with Gasteiger partial charge in [-0.1, -0.05) is 55.9 Å². The summed E-state index contributed by atoms with van der Waals surface area (Å²) in [5.74, 6) is 3.47. The number of nitrogens with two attached hydrogens (primary N) is 7. The Balaban J connectivity index is 0.000000203. The highest BCUT2D eigenvalue weighted by Crippen LogP contribution is 2.30. The SMILES string of the molecule is C=CCC(N)C1CCN(C(=O)NCc2cccnc2)CC1.C=CCC(N)C1CCN(C(=O)NCc2ccncc2)CC1.C=CCC(N)C1CCN(C(=O)Nc2cccnc2)CC1.C=CCC(N)C1CCN(C(=O)Nc2ccncc2)CC1.C=CC[C@@H](N)C1CCN(C(=O)Nc2ccncc2)CC1.C=CC[C@H](N)C1CCN(C(=O)Nc2ccncc2)CC1.CCC[C@@H](N)C1CCN(C(=O)Nc2ccncc2)CC1. The first-order valence-corrected chi connectivity index (χ1v) is 50.5. The summed E-state index contributed by atoms with van der Waals surface area (Å²) in [7, 11) is 0. The first kappa shape index (κ1) is 114. The Morgan fingerprint density at radius 3 is 0.704 bits per heavy atom. The first-order chi connectivity index (χ1) is 68.9. The Labute approximate surface area is 841 Å². The molecule has 0 saturated carbocycles. The molecule has 7 fully saturated rings. The number of carbonyl (C=O) groups is 7. The lowest BCUT2D eigenvalue weighted by atomic mass is 9.88. The lowest BCUT2D eigenvalue weighted by Crippen LogP contribution is -2.47. The van der Waals surface area contributed by atoms with Crippen LogP contribution in [-0.4, -0.2) is 245 Å². The van der Waals surface area contributed by atoms with Crippen molar-refractivity contribution in [1.29, 1.82) is 0 Å². The average molecular weight is 1950 g/mol. The quantitative estimate of drug-likeness (QED) is 0.0186. The van der Waals surface area contributed by atoms with E-state index in [0.29, 0.717) is 54.5 Å². The van der Waals surface area contributed by atoms with Crippen LogP contribution in [0.25, 0.3) is 0 Å². The molecule has 770 valence electrons. The van der Waals surface area contributed by atoms with Crippen molar-refractivity contribution in [1.82, 2.24) is 79.8 Å². The van der Waals surface area contributed by atoms with E-state index in [0.717, 1.165) is 272 Å². The molecule has 7 atom stereocenters. The summed E-state index contributed by atoms with van der Waals surface area (Å²) in [5.41, 5.74) is 48.7. The summed E-state index contributed by atoms with van der Waals surface area (Å²) in [6.07, 6.45) is 55.6. The maximum absolute atomic E-state index is 12.1. The Morgan fingerprint density at radius 1 is 0.275 bits per heavy atom. The van der Waals surface area contributed by atoms with Crippen molar-refractivity contribution in [2.75, 3.05) is 118 Å². The van der Waals surface area contributed by atoms with Crippen molar-refractivity contribution in [3.8, 4) is 0 Å².